The molecule has 1 aliphatic heterocycles. The summed E-state index contributed by atoms with van der Waals surface area (Å²) < 4.78 is 0. The van der Waals surface area contributed by atoms with Gasteiger partial charge in [0, 0.05) is 23.9 Å². The van der Waals surface area contributed by atoms with Crippen molar-refractivity contribution in [1.82, 2.24) is 4.98 Å². The van der Waals surface area contributed by atoms with Crippen molar-refractivity contribution in [2.75, 3.05) is 11.9 Å². The summed E-state index contributed by atoms with van der Waals surface area (Å²) in [6.07, 6.45) is 0. The monoisotopic (exact) mass is 246 g/mol. The first-order chi connectivity index (χ1) is 9.33. The average molecular weight is 246 g/mol. The summed E-state index contributed by atoms with van der Waals surface area (Å²) in [5, 5.41) is 1.26. The van der Waals surface area contributed by atoms with E-state index in [2.05, 4.69) is 78.1 Å². The number of rotatable bonds is 1. The Morgan fingerprint density at radius 2 is 1.84 bits per heavy atom. The van der Waals surface area contributed by atoms with Crippen LogP contribution in [0.15, 0.2) is 54.6 Å². The topological polar surface area (TPSA) is 19.0 Å². The SMILES string of the molecule is CN1[C]C(c2cc3ccccc3[nH]2)c2ccccc21. The van der Waals surface area contributed by atoms with Crippen molar-refractivity contribution in [3.05, 3.63) is 72.4 Å². The number of hydrogen-bond acceptors (Lipinski definition) is 1. The van der Waals surface area contributed by atoms with Gasteiger partial charge in [0.15, 0.2) is 0 Å². The Hall–Kier alpha value is -2.22. The number of benzene rings is 2. The number of hydrogen-bond donors (Lipinski definition) is 1. The third kappa shape index (κ3) is 1.56. The number of aromatic amines is 1. The van der Waals surface area contributed by atoms with Gasteiger partial charge in [-0.15, -0.1) is 0 Å². The molecule has 2 heterocycles. The molecule has 1 aliphatic rings. The van der Waals surface area contributed by atoms with Gasteiger partial charge < -0.3 is 9.88 Å². The van der Waals surface area contributed by atoms with Crippen molar-refractivity contribution in [2.24, 2.45) is 0 Å². The molecule has 2 radical (unpaired) electrons. The Balaban J connectivity index is 1.85. The number of fused-ring (bicyclic) bond motifs is 2. The number of nitrogens with zero attached hydrogens (tertiary/aromatic N) is 1. The molecule has 1 aromatic heterocycles. The molecule has 2 heteroatoms. The van der Waals surface area contributed by atoms with Crippen molar-refractivity contribution in [3.8, 4) is 0 Å². The Morgan fingerprint density at radius 3 is 2.74 bits per heavy atom. The van der Waals surface area contributed by atoms with Crippen LogP contribution in [-0.4, -0.2) is 12.0 Å². The van der Waals surface area contributed by atoms with Crippen molar-refractivity contribution in [1.29, 1.82) is 0 Å². The van der Waals surface area contributed by atoms with Gasteiger partial charge in [0.2, 0.25) is 0 Å². The van der Waals surface area contributed by atoms with Crippen LogP contribution in [0.3, 0.4) is 0 Å². The van der Waals surface area contributed by atoms with Gasteiger partial charge in [-0.05, 0) is 29.1 Å². The quantitative estimate of drug-likeness (QED) is 0.692. The van der Waals surface area contributed by atoms with E-state index in [9.17, 15) is 0 Å². The highest BCUT2D eigenvalue weighted by atomic mass is 15.1. The van der Waals surface area contributed by atoms with Gasteiger partial charge in [-0.3, -0.25) is 0 Å². The molecule has 92 valence electrons. The molecular weight excluding hydrogens is 232 g/mol. The molecule has 1 N–H and O–H groups in total. The van der Waals surface area contributed by atoms with Crippen LogP contribution < -0.4 is 4.90 Å². The summed E-state index contributed by atoms with van der Waals surface area (Å²) in [6.45, 7) is 3.50. The molecule has 0 saturated carbocycles. The second kappa shape index (κ2) is 3.89. The third-order valence-corrected chi connectivity index (χ3v) is 3.79. The number of H-pyrrole nitrogens is 1. The predicted molar refractivity (Wildman–Crippen MR) is 78.2 cm³/mol. The van der Waals surface area contributed by atoms with Gasteiger partial charge in [-0.2, -0.15) is 0 Å². The maximum atomic E-state index is 3.51. The zero-order valence-electron chi connectivity index (χ0n) is 10.7. The molecule has 4 rings (SSSR count). The summed E-state index contributed by atoms with van der Waals surface area (Å²) in [5.41, 5.74) is 4.95. The Labute approximate surface area is 112 Å². The maximum Gasteiger partial charge on any atom is 0.105 e. The third-order valence-electron chi connectivity index (χ3n) is 3.79. The zero-order chi connectivity index (χ0) is 12.8. The van der Waals surface area contributed by atoms with Crippen LogP contribution in [0.2, 0.25) is 0 Å². The smallest absolute Gasteiger partial charge is 0.105 e. The van der Waals surface area contributed by atoms with Crippen molar-refractivity contribution in [2.45, 2.75) is 5.92 Å². The lowest BCUT2D eigenvalue weighted by Gasteiger charge is -2.09. The lowest BCUT2D eigenvalue weighted by atomic mass is 9.98. The number of para-hydroxylation sites is 2. The molecule has 0 spiro atoms. The van der Waals surface area contributed by atoms with Gasteiger partial charge in [0.05, 0.1) is 5.92 Å². The highest BCUT2D eigenvalue weighted by Gasteiger charge is 2.29. The molecule has 0 amide bonds. The Bertz CT molecular complexity index is 709. The van der Waals surface area contributed by atoms with Crippen molar-refractivity contribution in [3.63, 3.8) is 0 Å². The van der Waals surface area contributed by atoms with Crippen LogP contribution in [0, 0.1) is 6.54 Å². The number of aromatic nitrogens is 1. The fourth-order valence-electron chi connectivity index (χ4n) is 2.86. The predicted octanol–water partition coefficient (Wildman–Crippen LogP) is 3.79. The van der Waals surface area contributed by atoms with E-state index < -0.39 is 0 Å². The lowest BCUT2D eigenvalue weighted by Crippen LogP contribution is -2.09. The summed E-state index contributed by atoms with van der Waals surface area (Å²) >= 11 is 0. The zero-order valence-corrected chi connectivity index (χ0v) is 10.7. The van der Waals surface area contributed by atoms with Crippen LogP contribution in [-0.2, 0) is 0 Å². The fourth-order valence-corrected chi connectivity index (χ4v) is 2.86. The molecular formula is C17H14N2. The number of anilines is 1. The number of nitrogens with one attached hydrogen (secondary N) is 1. The van der Waals surface area contributed by atoms with E-state index in [4.69, 9.17) is 0 Å². The van der Waals surface area contributed by atoms with E-state index in [1.165, 1.54) is 27.8 Å². The standard InChI is InChI=1S/C17H14N2/c1-19-11-14(13-7-3-5-9-17(13)19)16-10-12-6-2-4-8-15(12)18-16/h2-10,14,18H,1H3. The fraction of sp³-hybridized carbons (Fsp3) is 0.118. The minimum absolute atomic E-state index is 0.202. The van der Waals surface area contributed by atoms with Crippen LogP contribution in [0.5, 0.6) is 0 Å². The molecule has 3 aromatic rings. The molecule has 0 saturated heterocycles. The molecule has 2 nitrogen and oxygen atoms in total. The van der Waals surface area contributed by atoms with Crippen LogP contribution in [0.4, 0.5) is 5.69 Å². The summed E-state index contributed by atoms with van der Waals surface area (Å²) in [5.74, 6) is 0.202. The van der Waals surface area contributed by atoms with Gasteiger partial charge in [-0.1, -0.05) is 36.4 Å². The van der Waals surface area contributed by atoms with Crippen LogP contribution >= 0.6 is 0 Å². The molecule has 1 atom stereocenters. The van der Waals surface area contributed by atoms with Gasteiger partial charge in [-0.25, -0.2) is 0 Å². The first-order valence-corrected chi connectivity index (χ1v) is 6.49. The van der Waals surface area contributed by atoms with Gasteiger partial charge in [0.1, 0.15) is 6.54 Å². The van der Waals surface area contributed by atoms with E-state index in [0.717, 1.165) is 0 Å². The average Bonchev–Trinajstić information content (AvgIpc) is 3.01. The summed E-state index contributed by atoms with van der Waals surface area (Å²) in [7, 11) is 2.06. The van der Waals surface area contributed by atoms with Gasteiger partial charge >= 0.3 is 0 Å². The number of likely N-dealkylation sites (N-methyl/N-ethyl adjacent to an activating group) is 1. The van der Waals surface area contributed by atoms with E-state index >= 15 is 0 Å². The summed E-state index contributed by atoms with van der Waals surface area (Å²) in [6, 6.07) is 19.1. The molecule has 1 unspecified atom stereocenters. The molecule has 0 bridgehead atoms. The molecule has 19 heavy (non-hydrogen) atoms. The molecule has 0 fully saturated rings. The molecule has 2 aromatic carbocycles. The second-order valence-corrected chi connectivity index (χ2v) is 4.99. The van der Waals surface area contributed by atoms with Gasteiger partial charge in [0.25, 0.3) is 0 Å². The summed E-state index contributed by atoms with van der Waals surface area (Å²) in [4.78, 5) is 5.60. The minimum atomic E-state index is 0.202. The van der Waals surface area contributed by atoms with Crippen molar-refractivity contribution < 1.29 is 0 Å². The van der Waals surface area contributed by atoms with E-state index in [1.807, 2.05) is 0 Å². The Kier molecular flexibility index (Phi) is 2.18. The minimum Gasteiger partial charge on any atom is -0.363 e. The molecule has 0 aliphatic carbocycles. The van der Waals surface area contributed by atoms with Crippen LogP contribution in [0.1, 0.15) is 17.2 Å². The van der Waals surface area contributed by atoms with Crippen molar-refractivity contribution >= 4 is 16.6 Å². The second-order valence-electron chi connectivity index (χ2n) is 4.99. The van der Waals surface area contributed by atoms with E-state index in [-0.39, 0.29) is 5.92 Å². The van der Waals surface area contributed by atoms with E-state index in [1.54, 1.807) is 0 Å². The first kappa shape index (κ1) is 10.7. The Morgan fingerprint density at radius 1 is 1.05 bits per heavy atom. The maximum absolute atomic E-state index is 3.51. The normalized spacial score (nSPS) is 17.9. The van der Waals surface area contributed by atoms with Crippen LogP contribution in [0.25, 0.3) is 10.9 Å². The first-order valence-electron chi connectivity index (χ1n) is 6.49. The largest absolute Gasteiger partial charge is 0.363 e. The highest BCUT2D eigenvalue weighted by molar-refractivity contribution is 5.81. The highest BCUT2D eigenvalue weighted by Crippen LogP contribution is 2.41. The van der Waals surface area contributed by atoms with E-state index in [0.29, 0.717) is 0 Å². The lowest BCUT2D eigenvalue weighted by molar-refractivity contribution is 0.918.